The Kier molecular flexibility index (Phi) is 3.69. The van der Waals surface area contributed by atoms with Crippen molar-refractivity contribution in [2.24, 2.45) is 0 Å². The molecule has 0 saturated carbocycles. The maximum atomic E-state index is 14.0. The lowest BCUT2D eigenvalue weighted by atomic mass is 10.1. The van der Waals surface area contributed by atoms with Crippen LogP contribution in [0.2, 0.25) is 0 Å². The summed E-state index contributed by atoms with van der Waals surface area (Å²) < 4.78 is 29.6. The SMILES string of the molecule is Cc1ccc(-c2nn(-c3cccc(F)c3)c3c2cnc2ccc(F)cc23)cc1. The van der Waals surface area contributed by atoms with Crippen molar-refractivity contribution in [3.05, 3.63) is 90.1 Å². The monoisotopic (exact) mass is 371 g/mol. The number of rotatable bonds is 2. The topological polar surface area (TPSA) is 30.7 Å². The summed E-state index contributed by atoms with van der Waals surface area (Å²) in [5, 5.41) is 6.18. The van der Waals surface area contributed by atoms with E-state index in [4.69, 9.17) is 5.10 Å². The predicted octanol–water partition coefficient (Wildman–Crippen LogP) is 5.83. The van der Waals surface area contributed by atoms with Crippen molar-refractivity contribution < 1.29 is 8.78 Å². The maximum absolute atomic E-state index is 14.0. The van der Waals surface area contributed by atoms with E-state index in [9.17, 15) is 8.78 Å². The fourth-order valence-electron chi connectivity index (χ4n) is 3.48. The Balaban J connectivity index is 1.91. The van der Waals surface area contributed by atoms with Crippen molar-refractivity contribution in [2.75, 3.05) is 0 Å². The van der Waals surface area contributed by atoms with Crippen LogP contribution in [-0.4, -0.2) is 14.8 Å². The minimum absolute atomic E-state index is 0.356. The van der Waals surface area contributed by atoms with Gasteiger partial charge in [0.15, 0.2) is 0 Å². The van der Waals surface area contributed by atoms with Crippen LogP contribution < -0.4 is 0 Å². The van der Waals surface area contributed by atoms with Crippen LogP contribution in [0, 0.1) is 18.6 Å². The van der Waals surface area contributed by atoms with Gasteiger partial charge in [0, 0.05) is 22.5 Å². The Bertz CT molecular complexity index is 1340. The minimum Gasteiger partial charge on any atom is -0.255 e. The highest BCUT2D eigenvalue weighted by Crippen LogP contribution is 2.34. The van der Waals surface area contributed by atoms with Gasteiger partial charge in [-0.2, -0.15) is 5.10 Å². The summed E-state index contributed by atoms with van der Waals surface area (Å²) in [5.41, 5.74) is 4.71. The molecule has 2 aromatic heterocycles. The molecule has 0 spiro atoms. The van der Waals surface area contributed by atoms with Crippen LogP contribution in [0.5, 0.6) is 0 Å². The Labute approximate surface area is 159 Å². The molecule has 3 aromatic carbocycles. The molecule has 0 unspecified atom stereocenters. The van der Waals surface area contributed by atoms with Gasteiger partial charge in [-0.25, -0.2) is 13.5 Å². The summed E-state index contributed by atoms with van der Waals surface area (Å²) >= 11 is 0. The Morgan fingerprint density at radius 1 is 0.821 bits per heavy atom. The van der Waals surface area contributed by atoms with E-state index in [1.165, 1.54) is 24.3 Å². The van der Waals surface area contributed by atoms with Crippen LogP contribution in [0.15, 0.2) is 72.9 Å². The summed E-state index contributed by atoms with van der Waals surface area (Å²) in [4.78, 5) is 4.48. The summed E-state index contributed by atoms with van der Waals surface area (Å²) in [6.45, 7) is 2.02. The highest BCUT2D eigenvalue weighted by molar-refractivity contribution is 6.08. The molecule has 0 bridgehead atoms. The molecule has 5 aromatic rings. The molecule has 0 atom stereocenters. The Morgan fingerprint density at radius 2 is 1.61 bits per heavy atom. The molecule has 5 rings (SSSR count). The lowest BCUT2D eigenvalue weighted by Gasteiger charge is -2.06. The van der Waals surface area contributed by atoms with E-state index in [0.717, 1.165) is 22.2 Å². The molecule has 0 aliphatic carbocycles. The van der Waals surface area contributed by atoms with Gasteiger partial charge in [-0.05, 0) is 43.3 Å². The first-order chi connectivity index (χ1) is 13.6. The summed E-state index contributed by atoms with van der Waals surface area (Å²) in [7, 11) is 0. The zero-order valence-electron chi connectivity index (χ0n) is 15.0. The lowest BCUT2D eigenvalue weighted by Crippen LogP contribution is -1.98. The number of halogens is 2. The van der Waals surface area contributed by atoms with Gasteiger partial charge in [-0.15, -0.1) is 0 Å². The molecule has 0 fully saturated rings. The third kappa shape index (κ3) is 2.63. The van der Waals surface area contributed by atoms with Crippen LogP contribution >= 0.6 is 0 Å². The molecule has 0 radical (unpaired) electrons. The van der Waals surface area contributed by atoms with Crippen LogP contribution in [0.4, 0.5) is 8.78 Å². The van der Waals surface area contributed by atoms with Crippen molar-refractivity contribution in [2.45, 2.75) is 6.92 Å². The van der Waals surface area contributed by atoms with Crippen LogP contribution in [-0.2, 0) is 0 Å². The van der Waals surface area contributed by atoms with E-state index in [2.05, 4.69) is 4.98 Å². The van der Waals surface area contributed by atoms with Gasteiger partial charge < -0.3 is 0 Å². The van der Waals surface area contributed by atoms with Gasteiger partial charge in [0.1, 0.15) is 17.3 Å². The molecule has 0 aliphatic rings. The van der Waals surface area contributed by atoms with Crippen molar-refractivity contribution in [1.29, 1.82) is 0 Å². The van der Waals surface area contributed by atoms with E-state index < -0.39 is 0 Å². The second-order valence-electron chi connectivity index (χ2n) is 6.79. The van der Waals surface area contributed by atoms with E-state index in [1.54, 1.807) is 29.1 Å². The molecular weight excluding hydrogens is 356 g/mol. The number of pyridine rings is 1. The third-order valence-corrected chi connectivity index (χ3v) is 4.85. The zero-order valence-corrected chi connectivity index (χ0v) is 15.0. The molecule has 5 heteroatoms. The second-order valence-corrected chi connectivity index (χ2v) is 6.79. The number of fused-ring (bicyclic) bond motifs is 3. The smallest absolute Gasteiger partial charge is 0.125 e. The second kappa shape index (κ2) is 6.23. The largest absolute Gasteiger partial charge is 0.255 e. The molecule has 3 nitrogen and oxygen atoms in total. The quantitative estimate of drug-likeness (QED) is 0.391. The number of benzene rings is 3. The Morgan fingerprint density at radius 3 is 2.39 bits per heavy atom. The molecular formula is C23H15F2N3. The number of aromatic nitrogens is 3. The maximum Gasteiger partial charge on any atom is 0.125 e. The fraction of sp³-hybridized carbons (Fsp3) is 0.0435. The highest BCUT2D eigenvalue weighted by Gasteiger charge is 2.17. The van der Waals surface area contributed by atoms with Gasteiger partial charge in [0.05, 0.1) is 16.7 Å². The van der Waals surface area contributed by atoms with E-state index in [-0.39, 0.29) is 11.6 Å². The average molecular weight is 371 g/mol. The van der Waals surface area contributed by atoms with Crippen LogP contribution in [0.1, 0.15) is 5.56 Å². The summed E-state index contributed by atoms with van der Waals surface area (Å²) in [6, 6.07) is 18.7. The van der Waals surface area contributed by atoms with Crippen molar-refractivity contribution in [3.63, 3.8) is 0 Å². The molecule has 136 valence electrons. The van der Waals surface area contributed by atoms with E-state index in [0.29, 0.717) is 22.1 Å². The van der Waals surface area contributed by atoms with Crippen LogP contribution in [0.25, 0.3) is 38.8 Å². The zero-order chi connectivity index (χ0) is 19.3. The standard InChI is InChI=1S/C23H15F2N3/c1-14-5-7-15(8-6-14)22-20-13-26-21-10-9-17(25)12-19(21)23(20)28(27-22)18-4-2-3-16(24)11-18/h2-13H,1H3. The molecule has 0 aliphatic heterocycles. The first-order valence-electron chi connectivity index (χ1n) is 8.90. The number of hydrogen-bond acceptors (Lipinski definition) is 2. The van der Waals surface area contributed by atoms with Gasteiger partial charge in [-0.3, -0.25) is 4.98 Å². The van der Waals surface area contributed by atoms with E-state index >= 15 is 0 Å². The first-order valence-corrected chi connectivity index (χ1v) is 8.90. The van der Waals surface area contributed by atoms with Gasteiger partial charge in [0.25, 0.3) is 0 Å². The van der Waals surface area contributed by atoms with Crippen molar-refractivity contribution >= 4 is 21.8 Å². The molecule has 2 heterocycles. The molecule has 0 N–H and O–H groups in total. The fourth-order valence-corrected chi connectivity index (χ4v) is 3.48. The number of aryl methyl sites for hydroxylation is 1. The normalized spacial score (nSPS) is 11.4. The average Bonchev–Trinajstić information content (AvgIpc) is 3.09. The van der Waals surface area contributed by atoms with Crippen molar-refractivity contribution in [3.8, 4) is 16.9 Å². The number of hydrogen-bond donors (Lipinski definition) is 0. The van der Waals surface area contributed by atoms with Crippen molar-refractivity contribution in [1.82, 2.24) is 14.8 Å². The molecule has 0 amide bonds. The molecule has 0 saturated heterocycles. The number of nitrogens with zero attached hydrogens (tertiary/aromatic N) is 3. The summed E-state index contributed by atoms with van der Waals surface area (Å²) in [5.74, 6) is -0.715. The van der Waals surface area contributed by atoms with Crippen LogP contribution in [0.3, 0.4) is 0 Å². The minimum atomic E-state index is -0.359. The summed E-state index contributed by atoms with van der Waals surface area (Å²) in [6.07, 6.45) is 1.74. The first kappa shape index (κ1) is 16.6. The van der Waals surface area contributed by atoms with Gasteiger partial charge in [0.2, 0.25) is 0 Å². The predicted molar refractivity (Wildman–Crippen MR) is 106 cm³/mol. The lowest BCUT2D eigenvalue weighted by molar-refractivity contribution is 0.625. The van der Waals surface area contributed by atoms with Gasteiger partial charge >= 0.3 is 0 Å². The van der Waals surface area contributed by atoms with E-state index in [1.807, 2.05) is 31.2 Å². The highest BCUT2D eigenvalue weighted by atomic mass is 19.1. The Hall–Kier alpha value is -3.60. The molecule has 28 heavy (non-hydrogen) atoms. The van der Waals surface area contributed by atoms with Gasteiger partial charge in [-0.1, -0.05) is 35.9 Å². The third-order valence-electron chi connectivity index (χ3n) is 4.85.